The van der Waals surface area contributed by atoms with Gasteiger partial charge in [-0.3, -0.25) is 14.3 Å². The van der Waals surface area contributed by atoms with Gasteiger partial charge in [0.15, 0.2) is 0 Å². The van der Waals surface area contributed by atoms with Gasteiger partial charge < -0.3 is 14.6 Å². The second-order valence-electron chi connectivity index (χ2n) is 5.48. The van der Waals surface area contributed by atoms with Crippen molar-refractivity contribution in [3.8, 4) is 0 Å². The molecule has 3 rings (SSSR count). The average Bonchev–Trinajstić information content (AvgIpc) is 3.14. The van der Waals surface area contributed by atoms with Crippen LogP contribution < -0.4 is 5.32 Å². The van der Waals surface area contributed by atoms with E-state index in [2.05, 4.69) is 10.4 Å². The van der Waals surface area contributed by atoms with Crippen molar-refractivity contribution in [2.24, 2.45) is 7.05 Å². The van der Waals surface area contributed by atoms with Gasteiger partial charge in [-0.25, -0.2) is 0 Å². The van der Waals surface area contributed by atoms with Crippen LogP contribution in [0.1, 0.15) is 24.4 Å². The molecular weight excluding hydrogens is 284 g/mol. The molecule has 0 aromatic carbocycles. The van der Waals surface area contributed by atoms with Crippen LogP contribution in [0.2, 0.25) is 0 Å². The van der Waals surface area contributed by atoms with Gasteiger partial charge in [-0.2, -0.15) is 5.10 Å². The first kappa shape index (κ1) is 14.4. The fourth-order valence-corrected chi connectivity index (χ4v) is 2.65. The van der Waals surface area contributed by atoms with E-state index in [-0.39, 0.29) is 11.8 Å². The van der Waals surface area contributed by atoms with Crippen LogP contribution in [-0.2, 0) is 23.2 Å². The molecule has 2 aromatic rings. The molecule has 7 heteroatoms. The van der Waals surface area contributed by atoms with Crippen molar-refractivity contribution in [3.05, 3.63) is 36.0 Å². The predicted octanol–water partition coefficient (Wildman–Crippen LogP) is 1.45. The van der Waals surface area contributed by atoms with Crippen molar-refractivity contribution in [1.29, 1.82) is 0 Å². The number of amides is 2. The Morgan fingerprint density at radius 2 is 2.32 bits per heavy atom. The highest BCUT2D eigenvalue weighted by Gasteiger charge is 2.36. The lowest BCUT2D eigenvalue weighted by Gasteiger charge is -2.22. The van der Waals surface area contributed by atoms with Gasteiger partial charge in [-0.15, -0.1) is 0 Å². The molecule has 2 aromatic heterocycles. The van der Waals surface area contributed by atoms with Gasteiger partial charge in [0, 0.05) is 19.7 Å². The number of anilines is 1. The molecule has 1 aliphatic rings. The van der Waals surface area contributed by atoms with E-state index >= 15 is 0 Å². The van der Waals surface area contributed by atoms with Crippen LogP contribution >= 0.6 is 0 Å². The summed E-state index contributed by atoms with van der Waals surface area (Å²) in [7, 11) is 1.78. The van der Waals surface area contributed by atoms with E-state index in [1.54, 1.807) is 29.0 Å². The molecule has 0 bridgehead atoms. The monoisotopic (exact) mass is 302 g/mol. The fraction of sp³-hybridized carbons (Fsp3) is 0.400. The number of likely N-dealkylation sites (tertiary alicyclic amines) is 1. The molecule has 22 heavy (non-hydrogen) atoms. The number of aryl methyl sites for hydroxylation is 2. The van der Waals surface area contributed by atoms with Crippen LogP contribution in [0.25, 0.3) is 0 Å². The third-order valence-electron chi connectivity index (χ3n) is 3.73. The summed E-state index contributed by atoms with van der Waals surface area (Å²) in [6.07, 6.45) is 4.19. The first-order valence-electron chi connectivity index (χ1n) is 7.17. The van der Waals surface area contributed by atoms with E-state index in [0.29, 0.717) is 30.8 Å². The SMILES string of the molecule is Cc1ccc(CN2C(=O)CC[C@@H]2C(=O)Nc2cnn(C)c2)o1. The number of nitrogens with one attached hydrogen (secondary N) is 1. The van der Waals surface area contributed by atoms with Gasteiger partial charge in [-0.05, 0) is 25.5 Å². The number of carbonyl (C=O) groups is 2. The Balaban J connectivity index is 1.70. The molecule has 1 saturated heterocycles. The zero-order chi connectivity index (χ0) is 15.7. The van der Waals surface area contributed by atoms with E-state index in [4.69, 9.17) is 4.42 Å². The van der Waals surface area contributed by atoms with Gasteiger partial charge in [0.05, 0.1) is 18.4 Å². The van der Waals surface area contributed by atoms with Crippen LogP contribution in [0.15, 0.2) is 28.9 Å². The van der Waals surface area contributed by atoms with Gasteiger partial charge in [-0.1, -0.05) is 0 Å². The standard InChI is InChI=1S/C15H18N4O3/c1-10-3-4-12(22-10)9-19-13(5-6-14(19)20)15(21)17-11-7-16-18(2)8-11/h3-4,7-8,13H,5-6,9H2,1-2H3,(H,17,21)/t13-/m1/s1. The molecule has 2 amide bonds. The van der Waals surface area contributed by atoms with Crippen LogP contribution in [0.4, 0.5) is 5.69 Å². The minimum Gasteiger partial charge on any atom is -0.464 e. The maximum absolute atomic E-state index is 12.4. The number of hydrogen-bond acceptors (Lipinski definition) is 4. The minimum atomic E-state index is -0.474. The molecule has 1 atom stereocenters. The van der Waals surface area contributed by atoms with Gasteiger partial charge in [0.1, 0.15) is 17.6 Å². The molecule has 7 nitrogen and oxygen atoms in total. The Hall–Kier alpha value is -2.57. The second-order valence-corrected chi connectivity index (χ2v) is 5.48. The third kappa shape index (κ3) is 2.88. The second kappa shape index (κ2) is 5.67. The Kier molecular flexibility index (Phi) is 3.70. The number of rotatable bonds is 4. The molecule has 116 valence electrons. The van der Waals surface area contributed by atoms with Crippen molar-refractivity contribution in [3.63, 3.8) is 0 Å². The van der Waals surface area contributed by atoms with Crippen LogP contribution in [0, 0.1) is 6.92 Å². The highest BCUT2D eigenvalue weighted by Crippen LogP contribution is 2.23. The summed E-state index contributed by atoms with van der Waals surface area (Å²) in [6.45, 7) is 2.17. The summed E-state index contributed by atoms with van der Waals surface area (Å²) in [4.78, 5) is 26.0. The lowest BCUT2D eigenvalue weighted by Crippen LogP contribution is -2.41. The molecule has 3 heterocycles. The zero-order valence-electron chi connectivity index (χ0n) is 12.6. The number of aromatic nitrogens is 2. The predicted molar refractivity (Wildman–Crippen MR) is 78.9 cm³/mol. The molecule has 0 radical (unpaired) electrons. The number of carbonyl (C=O) groups excluding carboxylic acids is 2. The van der Waals surface area contributed by atoms with Gasteiger partial charge in [0.2, 0.25) is 11.8 Å². The van der Waals surface area contributed by atoms with E-state index in [1.165, 1.54) is 0 Å². The van der Waals surface area contributed by atoms with Crippen molar-refractivity contribution >= 4 is 17.5 Å². The first-order chi connectivity index (χ1) is 10.5. The van der Waals surface area contributed by atoms with Crippen molar-refractivity contribution in [1.82, 2.24) is 14.7 Å². The molecule has 1 aliphatic heterocycles. The highest BCUT2D eigenvalue weighted by atomic mass is 16.3. The third-order valence-corrected chi connectivity index (χ3v) is 3.73. The molecule has 0 spiro atoms. The van der Waals surface area contributed by atoms with Gasteiger partial charge in [0.25, 0.3) is 0 Å². The number of furan rings is 1. The summed E-state index contributed by atoms with van der Waals surface area (Å²) in [6, 6.07) is 3.20. The summed E-state index contributed by atoms with van der Waals surface area (Å²) < 4.78 is 7.11. The topological polar surface area (TPSA) is 80.4 Å². The van der Waals surface area contributed by atoms with Crippen molar-refractivity contribution < 1.29 is 14.0 Å². The normalized spacial score (nSPS) is 18.0. The van der Waals surface area contributed by atoms with E-state index in [0.717, 1.165) is 5.76 Å². The maximum atomic E-state index is 12.4. The summed E-state index contributed by atoms with van der Waals surface area (Å²) in [5.41, 5.74) is 0.626. The molecule has 1 N–H and O–H groups in total. The van der Waals surface area contributed by atoms with Gasteiger partial charge >= 0.3 is 0 Å². The molecular formula is C15H18N4O3. The van der Waals surface area contributed by atoms with E-state index in [9.17, 15) is 9.59 Å². The lowest BCUT2D eigenvalue weighted by molar-refractivity contribution is -0.134. The molecule has 0 aliphatic carbocycles. The minimum absolute atomic E-state index is 0.0274. The summed E-state index contributed by atoms with van der Waals surface area (Å²) >= 11 is 0. The zero-order valence-corrected chi connectivity index (χ0v) is 12.6. The van der Waals surface area contributed by atoms with Crippen LogP contribution in [0.3, 0.4) is 0 Å². The maximum Gasteiger partial charge on any atom is 0.247 e. The first-order valence-corrected chi connectivity index (χ1v) is 7.17. The molecule has 0 saturated carbocycles. The fourth-order valence-electron chi connectivity index (χ4n) is 2.65. The molecule has 0 unspecified atom stereocenters. The Morgan fingerprint density at radius 1 is 1.50 bits per heavy atom. The van der Waals surface area contributed by atoms with E-state index in [1.807, 2.05) is 19.1 Å². The average molecular weight is 302 g/mol. The number of hydrogen-bond donors (Lipinski definition) is 1. The van der Waals surface area contributed by atoms with Crippen molar-refractivity contribution in [2.75, 3.05) is 5.32 Å². The number of nitrogens with zero attached hydrogens (tertiary/aromatic N) is 3. The quantitative estimate of drug-likeness (QED) is 0.927. The summed E-state index contributed by atoms with van der Waals surface area (Å²) in [5, 5.41) is 6.81. The largest absolute Gasteiger partial charge is 0.464 e. The summed E-state index contributed by atoms with van der Waals surface area (Å²) in [5.74, 6) is 1.26. The smallest absolute Gasteiger partial charge is 0.247 e. The molecule has 1 fully saturated rings. The van der Waals surface area contributed by atoms with E-state index < -0.39 is 6.04 Å². The Labute approximate surface area is 127 Å². The van der Waals surface area contributed by atoms with Crippen LogP contribution in [0.5, 0.6) is 0 Å². The Morgan fingerprint density at radius 3 is 2.95 bits per heavy atom. The van der Waals surface area contributed by atoms with Crippen molar-refractivity contribution in [2.45, 2.75) is 32.4 Å². The lowest BCUT2D eigenvalue weighted by atomic mass is 10.2. The Bertz CT molecular complexity index is 703. The highest BCUT2D eigenvalue weighted by molar-refractivity contribution is 5.98. The van der Waals surface area contributed by atoms with Crippen LogP contribution in [-0.4, -0.2) is 32.5 Å².